The second kappa shape index (κ2) is 6.60. The molecule has 0 spiro atoms. The van der Waals surface area contributed by atoms with Crippen molar-refractivity contribution in [3.05, 3.63) is 18.2 Å². The van der Waals surface area contributed by atoms with Gasteiger partial charge in [-0.3, -0.25) is 4.55 Å². The molecule has 0 amide bonds. The van der Waals surface area contributed by atoms with Crippen LogP contribution in [0, 0.1) is 0 Å². The fraction of sp³-hybridized carbons (Fsp3) is 0.455. The van der Waals surface area contributed by atoms with Crippen LogP contribution >= 0.6 is 0 Å². The van der Waals surface area contributed by atoms with Crippen molar-refractivity contribution in [1.29, 1.82) is 0 Å². The molecular formula is C11H17NO6S. The molecule has 0 saturated heterocycles. The van der Waals surface area contributed by atoms with Crippen LogP contribution in [0.15, 0.2) is 18.2 Å². The Bertz CT molecular complexity index is 494. The highest BCUT2D eigenvalue weighted by Gasteiger charge is 2.14. The van der Waals surface area contributed by atoms with E-state index in [0.717, 1.165) is 0 Å². The van der Waals surface area contributed by atoms with E-state index >= 15 is 0 Å². The fourth-order valence-electron chi connectivity index (χ4n) is 1.45. The smallest absolute Gasteiger partial charge is 0.267 e. The summed E-state index contributed by atoms with van der Waals surface area (Å²) in [5.41, 5.74) is 0.602. The molecule has 0 unspecified atom stereocenters. The summed E-state index contributed by atoms with van der Waals surface area (Å²) in [5.74, 6) is 0.401. The molecule has 1 aromatic rings. The van der Waals surface area contributed by atoms with Crippen molar-refractivity contribution in [1.82, 2.24) is 0 Å². The Labute approximate surface area is 111 Å². The van der Waals surface area contributed by atoms with Crippen LogP contribution in [-0.2, 0) is 10.1 Å². The normalized spacial score (nSPS) is 12.8. The Morgan fingerprint density at radius 3 is 2.16 bits per heavy atom. The number of benzene rings is 1. The third-order valence-corrected chi connectivity index (χ3v) is 3.10. The van der Waals surface area contributed by atoms with E-state index in [2.05, 4.69) is 5.32 Å². The quantitative estimate of drug-likeness (QED) is 0.623. The number of rotatable bonds is 7. The van der Waals surface area contributed by atoms with Crippen molar-refractivity contribution in [3.63, 3.8) is 0 Å². The molecule has 19 heavy (non-hydrogen) atoms. The van der Waals surface area contributed by atoms with Crippen LogP contribution in [0.2, 0.25) is 0 Å². The van der Waals surface area contributed by atoms with E-state index in [1.165, 1.54) is 14.2 Å². The molecule has 1 aromatic carbocycles. The minimum atomic E-state index is -4.19. The van der Waals surface area contributed by atoms with Crippen LogP contribution in [0.1, 0.15) is 0 Å². The molecule has 0 bridgehead atoms. The van der Waals surface area contributed by atoms with Gasteiger partial charge >= 0.3 is 0 Å². The van der Waals surface area contributed by atoms with Crippen molar-refractivity contribution in [2.75, 3.05) is 31.8 Å². The van der Waals surface area contributed by atoms with E-state index in [9.17, 15) is 13.5 Å². The lowest BCUT2D eigenvalue weighted by Crippen LogP contribution is -2.27. The van der Waals surface area contributed by atoms with Gasteiger partial charge in [-0.25, -0.2) is 0 Å². The Morgan fingerprint density at radius 1 is 1.21 bits per heavy atom. The fourth-order valence-corrected chi connectivity index (χ4v) is 2.05. The van der Waals surface area contributed by atoms with Gasteiger partial charge in [-0.05, 0) is 0 Å². The standard InChI is InChI=1S/C11H17NO6S/c1-17-10-3-8(4-11(5-10)18-2)12-6-9(13)7-19(14,15)16/h3-5,9,12-13H,6-7H2,1-2H3,(H,14,15,16)/t9-/m0/s1. The van der Waals surface area contributed by atoms with Crippen molar-refractivity contribution in [3.8, 4) is 11.5 Å². The Kier molecular flexibility index (Phi) is 5.40. The molecule has 0 saturated carbocycles. The first-order valence-corrected chi connectivity index (χ1v) is 7.05. The number of aliphatic hydroxyl groups excluding tert-OH is 1. The van der Waals surface area contributed by atoms with E-state index in [1.54, 1.807) is 18.2 Å². The Balaban J connectivity index is 2.66. The lowest BCUT2D eigenvalue weighted by Gasteiger charge is -2.13. The van der Waals surface area contributed by atoms with Gasteiger partial charge in [-0.15, -0.1) is 0 Å². The molecule has 3 N–H and O–H groups in total. The van der Waals surface area contributed by atoms with Gasteiger partial charge in [0.2, 0.25) is 0 Å². The lowest BCUT2D eigenvalue weighted by molar-refractivity contribution is 0.208. The molecule has 108 valence electrons. The maximum atomic E-state index is 10.6. The third kappa shape index (κ3) is 5.77. The summed E-state index contributed by atoms with van der Waals surface area (Å²) in [5, 5.41) is 12.3. The number of hydrogen-bond donors (Lipinski definition) is 3. The summed E-state index contributed by atoms with van der Waals surface area (Å²) in [4.78, 5) is 0. The van der Waals surface area contributed by atoms with Gasteiger partial charge in [0.05, 0.1) is 20.3 Å². The molecule has 0 aromatic heterocycles. The van der Waals surface area contributed by atoms with Gasteiger partial charge in [0.1, 0.15) is 17.3 Å². The summed E-state index contributed by atoms with van der Waals surface area (Å²) >= 11 is 0. The molecule has 8 heteroatoms. The topological polar surface area (TPSA) is 105 Å². The first-order valence-electron chi connectivity index (χ1n) is 5.44. The average molecular weight is 291 g/mol. The van der Waals surface area contributed by atoms with Gasteiger partial charge in [0.25, 0.3) is 10.1 Å². The second-order valence-electron chi connectivity index (χ2n) is 3.88. The molecule has 7 nitrogen and oxygen atoms in total. The van der Waals surface area contributed by atoms with Crippen LogP contribution < -0.4 is 14.8 Å². The van der Waals surface area contributed by atoms with Crippen LogP contribution in [0.25, 0.3) is 0 Å². The third-order valence-electron chi connectivity index (χ3n) is 2.30. The summed E-state index contributed by atoms with van der Waals surface area (Å²) in [7, 11) is -1.18. The number of hydrogen-bond acceptors (Lipinski definition) is 6. The number of nitrogens with one attached hydrogen (secondary N) is 1. The lowest BCUT2D eigenvalue weighted by atomic mass is 10.2. The summed E-state index contributed by atoms with van der Waals surface area (Å²) in [6.07, 6.45) is -1.22. The van der Waals surface area contributed by atoms with E-state index in [0.29, 0.717) is 17.2 Å². The van der Waals surface area contributed by atoms with Gasteiger partial charge in [-0.1, -0.05) is 0 Å². The van der Waals surface area contributed by atoms with E-state index < -0.39 is 22.0 Å². The average Bonchev–Trinajstić information content (AvgIpc) is 2.33. The van der Waals surface area contributed by atoms with Crippen molar-refractivity contribution in [2.45, 2.75) is 6.10 Å². The predicted octanol–water partition coefficient (Wildman–Crippen LogP) is 0.364. The molecular weight excluding hydrogens is 274 g/mol. The van der Waals surface area contributed by atoms with Crippen molar-refractivity contribution >= 4 is 15.8 Å². The minimum absolute atomic E-state index is 0.0316. The molecule has 1 rings (SSSR count). The first-order chi connectivity index (χ1) is 8.84. The molecule has 0 aliphatic rings. The molecule has 1 atom stereocenters. The zero-order valence-electron chi connectivity index (χ0n) is 10.7. The SMILES string of the molecule is COc1cc(NC[C@H](O)CS(=O)(=O)O)cc(OC)c1. The van der Waals surface area contributed by atoms with Crippen LogP contribution in [0.5, 0.6) is 11.5 Å². The van der Waals surface area contributed by atoms with E-state index in [-0.39, 0.29) is 6.54 Å². The number of ether oxygens (including phenoxy) is 2. The highest BCUT2D eigenvalue weighted by molar-refractivity contribution is 7.85. The number of methoxy groups -OCH3 is 2. The maximum Gasteiger partial charge on any atom is 0.267 e. The molecule has 0 aliphatic heterocycles. The number of anilines is 1. The van der Waals surface area contributed by atoms with Gasteiger partial charge in [0.15, 0.2) is 0 Å². The summed E-state index contributed by atoms with van der Waals surface area (Å²) in [6.45, 7) is -0.0316. The summed E-state index contributed by atoms with van der Waals surface area (Å²) < 4.78 is 39.9. The van der Waals surface area contributed by atoms with Crippen molar-refractivity contribution < 1.29 is 27.6 Å². The largest absolute Gasteiger partial charge is 0.497 e. The monoisotopic (exact) mass is 291 g/mol. The maximum absolute atomic E-state index is 10.6. The van der Waals surface area contributed by atoms with E-state index in [4.69, 9.17) is 14.0 Å². The Hall–Kier alpha value is -1.51. The number of aliphatic hydroxyl groups is 1. The van der Waals surface area contributed by atoms with Crippen LogP contribution in [0.3, 0.4) is 0 Å². The molecule has 0 heterocycles. The van der Waals surface area contributed by atoms with E-state index in [1.807, 2.05) is 0 Å². The van der Waals surface area contributed by atoms with Crippen molar-refractivity contribution in [2.24, 2.45) is 0 Å². The van der Waals surface area contributed by atoms with Crippen LogP contribution in [0.4, 0.5) is 5.69 Å². The zero-order valence-corrected chi connectivity index (χ0v) is 11.5. The van der Waals surface area contributed by atoms with Crippen LogP contribution in [-0.4, -0.2) is 50.7 Å². The highest BCUT2D eigenvalue weighted by Crippen LogP contribution is 2.25. The molecule has 0 fully saturated rings. The van der Waals surface area contributed by atoms with Gasteiger partial charge < -0.3 is 19.9 Å². The predicted molar refractivity (Wildman–Crippen MR) is 70.5 cm³/mol. The molecule has 0 aliphatic carbocycles. The Morgan fingerprint density at radius 2 is 1.74 bits per heavy atom. The summed E-state index contributed by atoms with van der Waals surface area (Å²) in [6, 6.07) is 5.02. The van der Waals surface area contributed by atoms with Gasteiger partial charge in [-0.2, -0.15) is 8.42 Å². The minimum Gasteiger partial charge on any atom is -0.497 e. The molecule has 0 radical (unpaired) electrons. The first kappa shape index (κ1) is 15.5. The zero-order chi connectivity index (χ0) is 14.5. The van der Waals surface area contributed by atoms with Gasteiger partial charge in [0, 0.05) is 30.4 Å². The second-order valence-corrected chi connectivity index (χ2v) is 5.38. The highest BCUT2D eigenvalue weighted by atomic mass is 32.2.